The number of aromatic nitrogens is 1. The summed E-state index contributed by atoms with van der Waals surface area (Å²) in [6.45, 7) is 2.45. The lowest BCUT2D eigenvalue weighted by Gasteiger charge is -2.41. The number of carbonyl (C=O) groups is 3. The van der Waals surface area contributed by atoms with Gasteiger partial charge in [0, 0.05) is 31.3 Å². The number of urea groups is 1. The molecular weight excluding hydrogens is 459 g/mol. The first-order valence-electron chi connectivity index (χ1n) is 11.0. The molecule has 2 fully saturated rings. The number of benzene rings is 1. The van der Waals surface area contributed by atoms with Gasteiger partial charge in [-0.1, -0.05) is 29.7 Å². The minimum absolute atomic E-state index is 0.00774. The van der Waals surface area contributed by atoms with Crippen molar-refractivity contribution in [2.45, 2.75) is 31.7 Å². The van der Waals surface area contributed by atoms with Gasteiger partial charge < -0.3 is 10.2 Å². The molecule has 4 rings (SSSR count). The number of amides is 4. The van der Waals surface area contributed by atoms with Crippen LogP contribution in [-0.2, 0) is 11.2 Å². The highest BCUT2D eigenvalue weighted by Gasteiger charge is 2.55. The summed E-state index contributed by atoms with van der Waals surface area (Å²) in [5.74, 6) is 4.31. The van der Waals surface area contributed by atoms with Crippen LogP contribution in [0.4, 0.5) is 9.18 Å². The molecule has 1 N–H and O–H groups in total. The number of likely N-dealkylation sites (tertiary alicyclic amines) is 1. The fourth-order valence-corrected chi connectivity index (χ4v) is 4.92. The summed E-state index contributed by atoms with van der Waals surface area (Å²) in [6, 6.07) is 8.67. The third-order valence-corrected chi connectivity index (χ3v) is 6.65. The number of carbonyl (C=O) groups excluding carboxylic acids is 3. The van der Waals surface area contributed by atoms with Gasteiger partial charge in [-0.3, -0.25) is 14.5 Å². The van der Waals surface area contributed by atoms with Gasteiger partial charge in [-0.15, -0.1) is 5.92 Å². The standard InChI is InChI=1S/C25H24ClFN4O3/c1-2-3-11-31-23(33)25(29-24(31)34,16-17-5-4-6-20(27)14-17)19-8-12-30(13-9-19)22(32)18-7-10-28-21(26)15-18/h4-7,10,14-15,19H,8-9,11-13,16H2,1H3,(H,29,34). The molecule has 2 saturated heterocycles. The van der Waals surface area contributed by atoms with Crippen LogP contribution in [0, 0.1) is 23.6 Å². The fraction of sp³-hybridized carbons (Fsp3) is 0.360. The van der Waals surface area contributed by atoms with Crippen LogP contribution in [0.3, 0.4) is 0 Å². The highest BCUT2D eigenvalue weighted by molar-refractivity contribution is 6.29. The van der Waals surface area contributed by atoms with Gasteiger partial charge in [0.15, 0.2) is 0 Å². The Kier molecular flexibility index (Phi) is 6.85. The first kappa shape index (κ1) is 23.7. The number of rotatable bonds is 5. The van der Waals surface area contributed by atoms with Gasteiger partial charge in [0.25, 0.3) is 11.8 Å². The van der Waals surface area contributed by atoms with Crippen molar-refractivity contribution >= 4 is 29.4 Å². The first-order valence-corrected chi connectivity index (χ1v) is 11.4. The molecule has 2 aromatic rings. The summed E-state index contributed by atoms with van der Waals surface area (Å²) in [7, 11) is 0. The molecule has 4 amide bonds. The summed E-state index contributed by atoms with van der Waals surface area (Å²) in [5.41, 5.74) is -0.167. The van der Waals surface area contributed by atoms with E-state index in [2.05, 4.69) is 22.1 Å². The number of hydrogen-bond donors (Lipinski definition) is 1. The summed E-state index contributed by atoms with van der Waals surface area (Å²) in [4.78, 5) is 46.0. The molecule has 1 aromatic carbocycles. The van der Waals surface area contributed by atoms with Crippen molar-refractivity contribution in [3.63, 3.8) is 0 Å². The second kappa shape index (κ2) is 9.82. The maximum atomic E-state index is 13.9. The Morgan fingerprint density at radius 2 is 2.03 bits per heavy atom. The number of pyridine rings is 1. The molecule has 1 atom stereocenters. The predicted molar refractivity (Wildman–Crippen MR) is 124 cm³/mol. The molecule has 0 bridgehead atoms. The van der Waals surface area contributed by atoms with E-state index in [-0.39, 0.29) is 35.9 Å². The molecule has 34 heavy (non-hydrogen) atoms. The van der Waals surface area contributed by atoms with Gasteiger partial charge in [0.2, 0.25) is 0 Å². The van der Waals surface area contributed by atoms with Crippen LogP contribution in [-0.4, -0.2) is 57.8 Å². The third-order valence-electron chi connectivity index (χ3n) is 6.44. The molecule has 1 unspecified atom stereocenters. The molecule has 2 aliphatic heterocycles. The van der Waals surface area contributed by atoms with E-state index in [9.17, 15) is 18.8 Å². The van der Waals surface area contributed by atoms with Crippen molar-refractivity contribution < 1.29 is 18.8 Å². The maximum absolute atomic E-state index is 13.9. The highest BCUT2D eigenvalue weighted by Crippen LogP contribution is 2.37. The summed E-state index contributed by atoms with van der Waals surface area (Å²) in [5, 5.41) is 3.16. The van der Waals surface area contributed by atoms with Crippen LogP contribution < -0.4 is 5.32 Å². The monoisotopic (exact) mass is 482 g/mol. The zero-order valence-corrected chi connectivity index (χ0v) is 19.4. The van der Waals surface area contributed by atoms with E-state index in [0.29, 0.717) is 37.1 Å². The van der Waals surface area contributed by atoms with Crippen molar-refractivity contribution in [1.29, 1.82) is 0 Å². The van der Waals surface area contributed by atoms with Crippen molar-refractivity contribution in [1.82, 2.24) is 20.1 Å². The van der Waals surface area contributed by atoms with E-state index in [1.807, 2.05) is 0 Å². The van der Waals surface area contributed by atoms with Gasteiger partial charge in [-0.25, -0.2) is 14.2 Å². The summed E-state index contributed by atoms with van der Waals surface area (Å²) < 4.78 is 13.9. The minimum Gasteiger partial charge on any atom is -0.339 e. The van der Waals surface area contributed by atoms with E-state index in [1.54, 1.807) is 30.0 Å². The fourth-order valence-electron chi connectivity index (χ4n) is 4.75. The Hall–Kier alpha value is -3.44. The van der Waals surface area contributed by atoms with Gasteiger partial charge >= 0.3 is 6.03 Å². The lowest BCUT2D eigenvalue weighted by atomic mass is 9.73. The average molecular weight is 483 g/mol. The van der Waals surface area contributed by atoms with Gasteiger partial charge in [0.05, 0.1) is 6.54 Å². The molecule has 1 aromatic heterocycles. The van der Waals surface area contributed by atoms with E-state index in [1.165, 1.54) is 24.4 Å². The second-order valence-electron chi connectivity index (χ2n) is 8.46. The molecule has 7 nitrogen and oxygen atoms in total. The van der Waals surface area contributed by atoms with Crippen molar-refractivity contribution in [2.75, 3.05) is 19.6 Å². The first-order chi connectivity index (χ1) is 16.3. The van der Waals surface area contributed by atoms with Crippen LogP contribution in [0.25, 0.3) is 0 Å². The number of piperidine rings is 1. The van der Waals surface area contributed by atoms with Crippen LogP contribution in [0.15, 0.2) is 42.6 Å². The summed E-state index contributed by atoms with van der Waals surface area (Å²) in [6.07, 6.45) is 2.64. The maximum Gasteiger partial charge on any atom is 0.325 e. The zero-order valence-electron chi connectivity index (χ0n) is 18.7. The molecule has 0 radical (unpaired) electrons. The minimum atomic E-state index is -1.23. The largest absolute Gasteiger partial charge is 0.339 e. The predicted octanol–water partition coefficient (Wildman–Crippen LogP) is 3.28. The third kappa shape index (κ3) is 4.62. The molecule has 2 aliphatic rings. The smallest absolute Gasteiger partial charge is 0.325 e. The molecular formula is C25H24ClFN4O3. The lowest BCUT2D eigenvalue weighted by molar-refractivity contribution is -0.133. The quantitative estimate of drug-likeness (QED) is 0.403. The van der Waals surface area contributed by atoms with Gasteiger partial charge in [0.1, 0.15) is 16.5 Å². The number of nitrogens with one attached hydrogen (secondary N) is 1. The van der Waals surface area contributed by atoms with Crippen LogP contribution in [0.2, 0.25) is 5.15 Å². The van der Waals surface area contributed by atoms with E-state index in [4.69, 9.17) is 11.6 Å². The topological polar surface area (TPSA) is 82.6 Å². The van der Waals surface area contributed by atoms with Crippen LogP contribution in [0.5, 0.6) is 0 Å². The number of hydrogen-bond acceptors (Lipinski definition) is 4. The van der Waals surface area contributed by atoms with Crippen LogP contribution in [0.1, 0.15) is 35.7 Å². The Labute approximate surface area is 202 Å². The molecule has 9 heteroatoms. The Bertz CT molecular complexity index is 1190. The van der Waals surface area contributed by atoms with E-state index in [0.717, 1.165) is 4.90 Å². The number of halogens is 2. The van der Waals surface area contributed by atoms with Crippen molar-refractivity contribution in [2.24, 2.45) is 5.92 Å². The zero-order chi connectivity index (χ0) is 24.3. The van der Waals surface area contributed by atoms with Crippen LogP contribution >= 0.6 is 11.6 Å². The number of imide groups is 1. The van der Waals surface area contributed by atoms with E-state index < -0.39 is 17.4 Å². The Morgan fingerprint density at radius 1 is 1.26 bits per heavy atom. The van der Waals surface area contributed by atoms with Gasteiger partial charge in [-0.05, 0) is 55.5 Å². The Morgan fingerprint density at radius 3 is 2.71 bits per heavy atom. The number of nitrogens with zero attached hydrogens (tertiary/aromatic N) is 3. The molecule has 0 aliphatic carbocycles. The molecule has 3 heterocycles. The summed E-state index contributed by atoms with van der Waals surface area (Å²) >= 11 is 5.92. The van der Waals surface area contributed by atoms with Crippen molar-refractivity contribution in [3.8, 4) is 11.8 Å². The second-order valence-corrected chi connectivity index (χ2v) is 8.85. The SMILES string of the molecule is CC#CCN1C(=O)NC(Cc2cccc(F)c2)(C2CCN(C(=O)c3ccnc(Cl)c3)CC2)C1=O. The van der Waals surface area contributed by atoms with Crippen molar-refractivity contribution in [3.05, 3.63) is 64.7 Å². The Balaban J connectivity index is 1.58. The van der Waals surface area contributed by atoms with E-state index >= 15 is 0 Å². The molecule has 176 valence electrons. The average Bonchev–Trinajstić information content (AvgIpc) is 3.06. The highest BCUT2D eigenvalue weighted by atomic mass is 35.5. The molecule has 0 saturated carbocycles. The molecule has 0 spiro atoms. The van der Waals surface area contributed by atoms with Gasteiger partial charge in [-0.2, -0.15) is 0 Å². The lowest BCUT2D eigenvalue weighted by Crippen LogP contribution is -2.58. The normalized spacial score (nSPS) is 20.7.